The molecule has 0 saturated carbocycles. The molecule has 0 N–H and O–H groups in total. The topological polar surface area (TPSA) is 18.5 Å². The Hall–Kier alpha value is -3.04. The molecular formula is C28H28O2S. The van der Waals surface area contributed by atoms with Gasteiger partial charge in [0.05, 0.1) is 14.2 Å². The van der Waals surface area contributed by atoms with Crippen molar-refractivity contribution in [1.29, 1.82) is 0 Å². The molecule has 4 rings (SSSR count). The number of rotatable bonds is 5. The normalized spacial score (nSPS) is 11.7. The monoisotopic (exact) mass is 428 g/mol. The van der Waals surface area contributed by atoms with E-state index in [0.717, 1.165) is 11.5 Å². The molecule has 0 unspecified atom stereocenters. The van der Waals surface area contributed by atoms with Crippen molar-refractivity contribution in [2.75, 3.05) is 14.2 Å². The van der Waals surface area contributed by atoms with Crippen LogP contribution in [0.5, 0.6) is 11.5 Å². The molecule has 3 heteroatoms. The van der Waals surface area contributed by atoms with E-state index in [9.17, 15) is 0 Å². The molecule has 0 aliphatic rings. The van der Waals surface area contributed by atoms with Gasteiger partial charge in [-0.3, -0.25) is 0 Å². The minimum Gasteiger partial charge on any atom is -0.497 e. The fourth-order valence-electron chi connectivity index (χ4n) is 4.02. The number of hydrogen-bond acceptors (Lipinski definition) is 3. The third-order valence-corrected chi connectivity index (χ3v) is 7.43. The molecule has 0 fully saturated rings. The lowest BCUT2D eigenvalue weighted by atomic mass is 9.92. The first-order chi connectivity index (χ1) is 14.9. The third-order valence-electron chi connectivity index (χ3n) is 6.13. The van der Waals surface area contributed by atoms with Crippen molar-refractivity contribution in [3.8, 4) is 21.9 Å². The van der Waals surface area contributed by atoms with Gasteiger partial charge in [0.25, 0.3) is 0 Å². The first kappa shape index (κ1) is 21.2. The standard InChI is InChI=1S/C28H28O2S/c1-17(21-7-11-23(29-5)12-8-21)15-25-18(2)19(3)26-16-27(31-28(26)20(25)4)22-9-13-24(30-6)14-10-22/h7-16H,1-6H3/b17-15+. The van der Waals surface area contributed by atoms with Gasteiger partial charge < -0.3 is 9.47 Å². The number of benzene rings is 3. The van der Waals surface area contributed by atoms with Gasteiger partial charge in [-0.1, -0.05) is 18.2 Å². The summed E-state index contributed by atoms with van der Waals surface area (Å²) < 4.78 is 12.0. The first-order valence-electron chi connectivity index (χ1n) is 10.4. The number of hydrogen-bond donors (Lipinski definition) is 0. The van der Waals surface area contributed by atoms with Crippen molar-refractivity contribution in [2.24, 2.45) is 0 Å². The molecule has 4 aromatic rings. The van der Waals surface area contributed by atoms with Crippen molar-refractivity contribution < 1.29 is 9.47 Å². The number of ether oxygens (including phenoxy) is 2. The number of allylic oxidation sites excluding steroid dienone is 1. The van der Waals surface area contributed by atoms with Gasteiger partial charge >= 0.3 is 0 Å². The summed E-state index contributed by atoms with van der Waals surface area (Å²) >= 11 is 1.87. The Kier molecular flexibility index (Phi) is 5.88. The maximum atomic E-state index is 5.31. The van der Waals surface area contributed by atoms with Crippen molar-refractivity contribution in [3.05, 3.63) is 82.4 Å². The van der Waals surface area contributed by atoms with Crippen molar-refractivity contribution in [2.45, 2.75) is 27.7 Å². The lowest BCUT2D eigenvalue weighted by Gasteiger charge is -2.13. The first-order valence-corrected chi connectivity index (χ1v) is 11.2. The van der Waals surface area contributed by atoms with Crippen molar-refractivity contribution in [1.82, 2.24) is 0 Å². The number of methoxy groups -OCH3 is 2. The maximum Gasteiger partial charge on any atom is 0.118 e. The Bertz CT molecular complexity index is 1260. The van der Waals surface area contributed by atoms with Gasteiger partial charge in [-0.25, -0.2) is 0 Å². The Morgan fingerprint density at radius 1 is 0.774 bits per heavy atom. The summed E-state index contributed by atoms with van der Waals surface area (Å²) in [5.74, 6) is 1.76. The molecule has 31 heavy (non-hydrogen) atoms. The predicted octanol–water partition coefficient (Wildman–Crippen LogP) is 8.07. The van der Waals surface area contributed by atoms with Crippen LogP contribution in [0.1, 0.15) is 34.7 Å². The van der Waals surface area contributed by atoms with Crippen LogP contribution in [0, 0.1) is 20.8 Å². The predicted molar refractivity (Wildman–Crippen MR) is 135 cm³/mol. The van der Waals surface area contributed by atoms with Crippen LogP contribution in [0.25, 0.3) is 32.2 Å². The van der Waals surface area contributed by atoms with Crippen molar-refractivity contribution in [3.63, 3.8) is 0 Å². The molecule has 0 amide bonds. The Labute approximate surface area is 188 Å². The van der Waals surface area contributed by atoms with E-state index in [-0.39, 0.29) is 0 Å². The van der Waals surface area contributed by atoms with E-state index in [4.69, 9.17) is 9.47 Å². The summed E-state index contributed by atoms with van der Waals surface area (Å²) in [7, 11) is 3.40. The van der Waals surface area contributed by atoms with Crippen LogP contribution in [-0.4, -0.2) is 14.2 Å². The molecule has 0 bridgehead atoms. The molecule has 2 nitrogen and oxygen atoms in total. The summed E-state index contributed by atoms with van der Waals surface area (Å²) in [6.07, 6.45) is 2.33. The highest BCUT2D eigenvalue weighted by Crippen LogP contribution is 2.41. The van der Waals surface area contributed by atoms with Crippen LogP contribution in [0.2, 0.25) is 0 Å². The van der Waals surface area contributed by atoms with E-state index in [2.05, 4.69) is 64.1 Å². The quantitative estimate of drug-likeness (QED) is 0.299. The average molecular weight is 429 g/mol. The maximum absolute atomic E-state index is 5.31. The number of thiophene rings is 1. The molecule has 3 aromatic carbocycles. The second-order valence-electron chi connectivity index (χ2n) is 7.93. The van der Waals surface area contributed by atoms with Crippen LogP contribution >= 0.6 is 11.3 Å². The third kappa shape index (κ3) is 3.98. The molecule has 0 spiro atoms. The fraction of sp³-hybridized carbons (Fsp3) is 0.214. The van der Waals surface area contributed by atoms with E-state index in [1.807, 2.05) is 35.6 Å². The average Bonchev–Trinajstić information content (AvgIpc) is 3.26. The molecule has 158 valence electrons. The molecule has 1 aromatic heterocycles. The van der Waals surface area contributed by atoms with Crippen LogP contribution < -0.4 is 9.47 Å². The van der Waals surface area contributed by atoms with Gasteiger partial charge in [-0.15, -0.1) is 11.3 Å². The van der Waals surface area contributed by atoms with Gasteiger partial charge in [0.15, 0.2) is 0 Å². The van der Waals surface area contributed by atoms with E-state index in [1.165, 1.54) is 53.9 Å². The number of aryl methyl sites for hydroxylation is 2. The van der Waals surface area contributed by atoms with Gasteiger partial charge in [0.1, 0.15) is 11.5 Å². The zero-order chi connectivity index (χ0) is 22.1. The summed E-state index contributed by atoms with van der Waals surface area (Å²) in [4.78, 5) is 1.29. The Balaban J connectivity index is 1.80. The van der Waals surface area contributed by atoms with Crippen LogP contribution in [0.4, 0.5) is 0 Å². The highest BCUT2D eigenvalue weighted by molar-refractivity contribution is 7.22. The SMILES string of the molecule is COc1ccc(/C(C)=C/c2c(C)c(C)c3cc(-c4ccc(OC)cc4)sc3c2C)cc1. The van der Waals surface area contributed by atoms with Crippen LogP contribution in [-0.2, 0) is 0 Å². The molecule has 0 saturated heterocycles. The molecule has 0 aliphatic carbocycles. The van der Waals surface area contributed by atoms with Gasteiger partial charge in [0, 0.05) is 9.58 Å². The molecule has 0 atom stereocenters. The fourth-order valence-corrected chi connectivity index (χ4v) is 5.26. The second-order valence-corrected chi connectivity index (χ2v) is 8.98. The zero-order valence-electron chi connectivity index (χ0n) is 19.0. The lowest BCUT2D eigenvalue weighted by molar-refractivity contribution is 0.414. The molecule has 0 radical (unpaired) electrons. The largest absolute Gasteiger partial charge is 0.497 e. The van der Waals surface area contributed by atoms with Crippen LogP contribution in [0.3, 0.4) is 0 Å². The lowest BCUT2D eigenvalue weighted by Crippen LogP contribution is -1.93. The minimum absolute atomic E-state index is 0.880. The summed E-state index contributed by atoms with van der Waals surface area (Å²) in [6.45, 7) is 8.90. The van der Waals surface area contributed by atoms with E-state index in [1.54, 1.807) is 14.2 Å². The Morgan fingerprint density at radius 3 is 1.94 bits per heavy atom. The van der Waals surface area contributed by atoms with Gasteiger partial charge in [0.2, 0.25) is 0 Å². The van der Waals surface area contributed by atoms with E-state index < -0.39 is 0 Å². The molecule has 0 aliphatic heterocycles. The van der Waals surface area contributed by atoms with E-state index >= 15 is 0 Å². The van der Waals surface area contributed by atoms with Crippen LogP contribution in [0.15, 0.2) is 54.6 Å². The van der Waals surface area contributed by atoms with Gasteiger partial charge in [-0.05, 0) is 114 Å². The van der Waals surface area contributed by atoms with Crippen molar-refractivity contribution >= 4 is 33.1 Å². The highest BCUT2D eigenvalue weighted by atomic mass is 32.1. The summed E-state index contributed by atoms with van der Waals surface area (Å²) in [5.41, 5.74) is 9.05. The molecule has 1 heterocycles. The van der Waals surface area contributed by atoms with E-state index in [0.29, 0.717) is 0 Å². The number of fused-ring (bicyclic) bond motifs is 1. The second kappa shape index (κ2) is 8.60. The van der Waals surface area contributed by atoms with Gasteiger partial charge in [-0.2, -0.15) is 0 Å². The molecular weight excluding hydrogens is 400 g/mol. The minimum atomic E-state index is 0.880. The zero-order valence-corrected chi connectivity index (χ0v) is 19.8. The summed E-state index contributed by atoms with van der Waals surface area (Å²) in [6, 6.07) is 18.9. The smallest absolute Gasteiger partial charge is 0.118 e. The Morgan fingerprint density at radius 2 is 1.35 bits per heavy atom. The summed E-state index contributed by atoms with van der Waals surface area (Å²) in [5, 5.41) is 1.35. The highest BCUT2D eigenvalue weighted by Gasteiger charge is 2.15.